The predicted molar refractivity (Wildman–Crippen MR) is 77.8 cm³/mol. The first-order valence-electron chi connectivity index (χ1n) is 6.59. The number of hydrogen-bond acceptors (Lipinski definition) is 3. The molecule has 0 aromatic rings. The number of halogens is 1. The number of hydrogen-bond donors (Lipinski definition) is 1. The molecule has 0 heterocycles. The number of nitrogens with zero attached hydrogens (tertiary/aromatic N) is 1. The lowest BCUT2D eigenvalue weighted by Gasteiger charge is -2.32. The van der Waals surface area contributed by atoms with Crippen molar-refractivity contribution in [2.24, 2.45) is 5.73 Å². The van der Waals surface area contributed by atoms with Crippen LogP contribution in [0.25, 0.3) is 0 Å². The predicted octanol–water partition coefficient (Wildman–Crippen LogP) is 2.52. The van der Waals surface area contributed by atoms with Gasteiger partial charge in [0.2, 0.25) is 0 Å². The first-order valence-corrected chi connectivity index (χ1v) is 6.97. The van der Waals surface area contributed by atoms with Gasteiger partial charge in [-0.2, -0.15) is 0 Å². The number of methoxy groups -OCH3 is 1. The molecule has 0 aromatic carbocycles. The van der Waals surface area contributed by atoms with Crippen LogP contribution in [-0.2, 0) is 4.74 Å². The second kappa shape index (κ2) is 7.95. The third-order valence-electron chi connectivity index (χ3n) is 3.46. The molecule has 0 bridgehead atoms. The summed E-state index contributed by atoms with van der Waals surface area (Å²) in [5.74, 6) is 0. The van der Waals surface area contributed by atoms with Crippen molar-refractivity contribution in [2.75, 3.05) is 33.8 Å². The first kappa shape index (κ1) is 15.7. The van der Waals surface area contributed by atoms with Gasteiger partial charge in [0.15, 0.2) is 0 Å². The molecule has 1 atom stereocenters. The van der Waals surface area contributed by atoms with Crippen LogP contribution in [-0.4, -0.2) is 44.3 Å². The topological polar surface area (TPSA) is 38.5 Å². The molecule has 104 valence electrons. The van der Waals surface area contributed by atoms with Gasteiger partial charge in [-0.1, -0.05) is 23.8 Å². The van der Waals surface area contributed by atoms with Gasteiger partial charge < -0.3 is 15.4 Å². The molecular weight excluding hydrogens is 248 g/mol. The number of allylic oxidation sites excluding steroid dienone is 2. The maximum atomic E-state index is 6.10. The van der Waals surface area contributed by atoms with Gasteiger partial charge in [0, 0.05) is 25.1 Å². The highest BCUT2D eigenvalue weighted by Gasteiger charge is 2.29. The van der Waals surface area contributed by atoms with E-state index in [2.05, 4.69) is 18.0 Å². The Hall–Kier alpha value is -0.350. The van der Waals surface area contributed by atoms with Crippen LogP contribution >= 0.6 is 11.6 Å². The number of rotatable bonds is 8. The van der Waals surface area contributed by atoms with Gasteiger partial charge >= 0.3 is 0 Å². The molecule has 1 unspecified atom stereocenters. The highest BCUT2D eigenvalue weighted by Crippen LogP contribution is 2.31. The Morgan fingerprint density at radius 1 is 1.44 bits per heavy atom. The molecule has 18 heavy (non-hydrogen) atoms. The number of nitrogens with two attached hydrogens (primary N) is 1. The Morgan fingerprint density at radius 3 is 2.83 bits per heavy atom. The standard InChI is InChI=1S/C14H25ClN2O/c1-17(10-4-3-9-16)11-8-14(18-2)7-5-6-13(15)12-14/h5-7H,3-4,8-12,16H2,1-2H3. The fourth-order valence-corrected chi connectivity index (χ4v) is 2.46. The minimum absolute atomic E-state index is 0.228. The van der Waals surface area contributed by atoms with Crippen LogP contribution in [0.15, 0.2) is 23.3 Å². The molecular formula is C14H25ClN2O. The molecule has 3 nitrogen and oxygen atoms in total. The highest BCUT2D eigenvalue weighted by atomic mass is 35.5. The summed E-state index contributed by atoms with van der Waals surface area (Å²) in [6, 6.07) is 0. The van der Waals surface area contributed by atoms with Crippen molar-refractivity contribution in [3.63, 3.8) is 0 Å². The smallest absolute Gasteiger partial charge is 0.0922 e. The summed E-state index contributed by atoms with van der Waals surface area (Å²) in [4.78, 5) is 2.33. The molecule has 1 aliphatic rings. The summed E-state index contributed by atoms with van der Waals surface area (Å²) in [5, 5.41) is 0.866. The zero-order valence-electron chi connectivity index (χ0n) is 11.5. The third kappa shape index (κ3) is 5.11. The number of unbranched alkanes of at least 4 members (excludes halogenated alkanes) is 1. The second-order valence-electron chi connectivity index (χ2n) is 4.97. The van der Waals surface area contributed by atoms with E-state index in [-0.39, 0.29) is 5.60 Å². The molecule has 0 spiro atoms. The van der Waals surface area contributed by atoms with Crippen LogP contribution in [0.2, 0.25) is 0 Å². The fraction of sp³-hybridized carbons (Fsp3) is 0.714. The summed E-state index contributed by atoms with van der Waals surface area (Å²) in [5.41, 5.74) is 5.27. The van der Waals surface area contributed by atoms with Gasteiger partial charge in [-0.3, -0.25) is 0 Å². The SMILES string of the molecule is COC1(CCN(C)CCCCN)C=CC=C(Cl)C1. The molecule has 1 aliphatic carbocycles. The lowest BCUT2D eigenvalue weighted by molar-refractivity contribution is 0.0190. The lowest BCUT2D eigenvalue weighted by atomic mass is 9.91. The molecule has 4 heteroatoms. The van der Waals surface area contributed by atoms with E-state index in [0.29, 0.717) is 0 Å². The average Bonchev–Trinajstić information content (AvgIpc) is 2.37. The minimum atomic E-state index is -0.228. The van der Waals surface area contributed by atoms with Gasteiger partial charge in [0.25, 0.3) is 0 Å². The summed E-state index contributed by atoms with van der Waals surface area (Å²) in [7, 11) is 3.90. The molecule has 0 saturated heterocycles. The van der Waals surface area contributed by atoms with E-state index in [9.17, 15) is 0 Å². The summed E-state index contributed by atoms with van der Waals surface area (Å²) >= 11 is 6.10. The van der Waals surface area contributed by atoms with Gasteiger partial charge in [-0.25, -0.2) is 0 Å². The summed E-state index contributed by atoms with van der Waals surface area (Å²) in [6.45, 7) is 2.87. The van der Waals surface area contributed by atoms with E-state index in [0.717, 1.165) is 50.3 Å². The maximum absolute atomic E-state index is 6.10. The minimum Gasteiger partial charge on any atom is -0.374 e. The van der Waals surface area contributed by atoms with Gasteiger partial charge in [0.1, 0.15) is 0 Å². The molecule has 0 amide bonds. The Balaban J connectivity index is 2.36. The largest absolute Gasteiger partial charge is 0.374 e. The molecule has 0 radical (unpaired) electrons. The molecule has 0 aromatic heterocycles. The normalized spacial score (nSPS) is 23.5. The third-order valence-corrected chi connectivity index (χ3v) is 3.72. The van der Waals surface area contributed by atoms with Crippen LogP contribution in [0.1, 0.15) is 25.7 Å². The first-order chi connectivity index (χ1) is 8.62. The maximum Gasteiger partial charge on any atom is 0.0922 e. The lowest BCUT2D eigenvalue weighted by Crippen LogP contribution is -2.35. The Morgan fingerprint density at radius 2 is 2.22 bits per heavy atom. The van der Waals surface area contributed by atoms with Crippen molar-refractivity contribution in [3.05, 3.63) is 23.3 Å². The van der Waals surface area contributed by atoms with Gasteiger partial charge in [-0.15, -0.1) is 0 Å². The Labute approximate surface area is 116 Å². The van der Waals surface area contributed by atoms with E-state index < -0.39 is 0 Å². The zero-order valence-corrected chi connectivity index (χ0v) is 12.2. The zero-order chi connectivity index (χ0) is 13.4. The molecule has 0 fully saturated rings. The fourth-order valence-electron chi connectivity index (χ4n) is 2.16. The van der Waals surface area contributed by atoms with Crippen molar-refractivity contribution in [2.45, 2.75) is 31.3 Å². The summed E-state index contributed by atoms with van der Waals surface area (Å²) < 4.78 is 5.67. The van der Waals surface area contributed by atoms with Crippen molar-refractivity contribution < 1.29 is 4.74 Å². The van der Waals surface area contributed by atoms with Crippen LogP contribution in [0, 0.1) is 0 Å². The molecule has 1 rings (SSSR count). The highest BCUT2D eigenvalue weighted by molar-refractivity contribution is 6.29. The molecule has 2 N–H and O–H groups in total. The van der Waals surface area contributed by atoms with Crippen LogP contribution in [0.3, 0.4) is 0 Å². The molecule has 0 aliphatic heterocycles. The van der Waals surface area contributed by atoms with E-state index >= 15 is 0 Å². The van der Waals surface area contributed by atoms with E-state index in [4.69, 9.17) is 22.1 Å². The van der Waals surface area contributed by atoms with Crippen molar-refractivity contribution in [1.82, 2.24) is 4.90 Å². The number of ether oxygens (including phenoxy) is 1. The summed E-state index contributed by atoms with van der Waals surface area (Å²) in [6.07, 6.45) is 10.0. The monoisotopic (exact) mass is 272 g/mol. The Kier molecular flexibility index (Phi) is 6.94. The molecule has 0 saturated carbocycles. The van der Waals surface area contributed by atoms with Crippen LogP contribution in [0.4, 0.5) is 0 Å². The van der Waals surface area contributed by atoms with Crippen molar-refractivity contribution in [1.29, 1.82) is 0 Å². The second-order valence-corrected chi connectivity index (χ2v) is 5.45. The average molecular weight is 273 g/mol. The van der Waals surface area contributed by atoms with E-state index in [1.54, 1.807) is 7.11 Å². The quantitative estimate of drug-likeness (QED) is 0.690. The Bertz CT molecular complexity index is 304. The van der Waals surface area contributed by atoms with E-state index in [1.165, 1.54) is 0 Å². The van der Waals surface area contributed by atoms with Crippen molar-refractivity contribution >= 4 is 11.6 Å². The van der Waals surface area contributed by atoms with Crippen LogP contribution < -0.4 is 5.73 Å². The van der Waals surface area contributed by atoms with Crippen LogP contribution in [0.5, 0.6) is 0 Å². The van der Waals surface area contributed by atoms with E-state index in [1.807, 2.05) is 12.2 Å². The van der Waals surface area contributed by atoms with Gasteiger partial charge in [0.05, 0.1) is 5.60 Å². The van der Waals surface area contributed by atoms with Gasteiger partial charge in [-0.05, 0) is 45.5 Å². The van der Waals surface area contributed by atoms with Crippen molar-refractivity contribution in [3.8, 4) is 0 Å².